The molecule has 0 bridgehead atoms. The van der Waals surface area contributed by atoms with Crippen LogP contribution < -0.4 is 10.2 Å². The molecule has 1 aromatic rings. The van der Waals surface area contributed by atoms with Crippen molar-refractivity contribution in [2.75, 3.05) is 18.0 Å². The Balaban J connectivity index is 2.64. The van der Waals surface area contributed by atoms with E-state index in [1.807, 2.05) is 24.3 Å². The number of hydrogen-bond donors (Lipinski definition) is 1. The number of nitrogens with zero attached hydrogens (tertiary/aromatic N) is 1. The summed E-state index contributed by atoms with van der Waals surface area (Å²) >= 11 is 0. The highest BCUT2D eigenvalue weighted by atomic mass is 16.2. The Labute approximate surface area is 127 Å². The second kappa shape index (κ2) is 8.45. The minimum atomic E-state index is -0.127. The van der Waals surface area contributed by atoms with Gasteiger partial charge in [-0.3, -0.25) is 9.59 Å². The first-order chi connectivity index (χ1) is 9.93. The Kier molecular flexibility index (Phi) is 6.92. The monoisotopic (exact) mass is 290 g/mol. The predicted octanol–water partition coefficient (Wildman–Crippen LogP) is 2.76. The van der Waals surface area contributed by atoms with Crippen LogP contribution in [0.4, 0.5) is 5.69 Å². The van der Waals surface area contributed by atoms with Gasteiger partial charge in [0.15, 0.2) is 0 Å². The van der Waals surface area contributed by atoms with Crippen LogP contribution in [-0.2, 0) is 16.0 Å². The lowest BCUT2D eigenvalue weighted by Crippen LogP contribution is -2.40. The van der Waals surface area contributed by atoms with E-state index in [-0.39, 0.29) is 18.4 Å². The van der Waals surface area contributed by atoms with E-state index in [4.69, 9.17) is 0 Å². The van der Waals surface area contributed by atoms with Gasteiger partial charge in [-0.2, -0.15) is 0 Å². The van der Waals surface area contributed by atoms with Crippen molar-refractivity contribution in [2.45, 2.75) is 40.5 Å². The van der Waals surface area contributed by atoms with Crippen LogP contribution in [0.15, 0.2) is 24.3 Å². The molecule has 21 heavy (non-hydrogen) atoms. The van der Waals surface area contributed by atoms with Gasteiger partial charge in [-0.15, -0.1) is 0 Å². The average molecular weight is 290 g/mol. The molecule has 0 unspecified atom stereocenters. The minimum absolute atomic E-state index is 0.0684. The Morgan fingerprint density at radius 3 is 2.29 bits per heavy atom. The number of aryl methyl sites for hydroxylation is 1. The highest BCUT2D eigenvalue weighted by molar-refractivity contribution is 5.97. The normalized spacial score (nSPS) is 10.5. The maximum atomic E-state index is 11.9. The molecule has 1 N–H and O–H groups in total. The van der Waals surface area contributed by atoms with E-state index in [1.165, 1.54) is 17.4 Å². The minimum Gasteiger partial charge on any atom is -0.355 e. The van der Waals surface area contributed by atoms with Crippen molar-refractivity contribution in [2.24, 2.45) is 5.92 Å². The van der Waals surface area contributed by atoms with Crippen LogP contribution in [0, 0.1) is 5.92 Å². The summed E-state index contributed by atoms with van der Waals surface area (Å²) in [5.74, 6) is 0.305. The van der Waals surface area contributed by atoms with Crippen LogP contribution in [-0.4, -0.2) is 24.9 Å². The van der Waals surface area contributed by atoms with Gasteiger partial charge in [-0.25, -0.2) is 0 Å². The van der Waals surface area contributed by atoms with E-state index in [0.717, 1.165) is 18.5 Å². The summed E-state index contributed by atoms with van der Waals surface area (Å²) in [4.78, 5) is 25.2. The zero-order valence-corrected chi connectivity index (χ0v) is 13.5. The molecule has 0 fully saturated rings. The van der Waals surface area contributed by atoms with Gasteiger partial charge in [-0.05, 0) is 36.5 Å². The van der Waals surface area contributed by atoms with E-state index in [0.29, 0.717) is 12.5 Å². The largest absolute Gasteiger partial charge is 0.355 e. The second-order valence-electron chi connectivity index (χ2n) is 5.66. The Morgan fingerprint density at radius 2 is 1.81 bits per heavy atom. The van der Waals surface area contributed by atoms with Gasteiger partial charge in [-0.1, -0.05) is 32.9 Å². The number of hydrogen-bond acceptors (Lipinski definition) is 2. The molecule has 116 valence electrons. The van der Waals surface area contributed by atoms with Crippen molar-refractivity contribution in [1.29, 1.82) is 0 Å². The molecule has 0 spiro atoms. The van der Waals surface area contributed by atoms with Crippen molar-refractivity contribution in [3.63, 3.8) is 0 Å². The summed E-state index contributed by atoms with van der Waals surface area (Å²) in [6.07, 6.45) is 1.90. The highest BCUT2D eigenvalue weighted by Crippen LogP contribution is 2.15. The molecule has 0 aliphatic carbocycles. The highest BCUT2D eigenvalue weighted by Gasteiger charge is 2.15. The second-order valence-corrected chi connectivity index (χ2v) is 5.66. The molecule has 2 amide bonds. The molecule has 1 rings (SSSR count). The van der Waals surface area contributed by atoms with Crippen LogP contribution >= 0.6 is 0 Å². The molecule has 0 saturated heterocycles. The maximum Gasteiger partial charge on any atom is 0.240 e. The first-order valence-corrected chi connectivity index (χ1v) is 7.57. The molecular formula is C17H26N2O2. The fraction of sp³-hybridized carbons (Fsp3) is 0.529. The van der Waals surface area contributed by atoms with Crippen molar-refractivity contribution in [3.05, 3.63) is 29.8 Å². The Hall–Kier alpha value is -1.84. The van der Waals surface area contributed by atoms with Crippen molar-refractivity contribution in [1.82, 2.24) is 5.32 Å². The zero-order valence-electron chi connectivity index (χ0n) is 13.5. The number of nitrogens with one attached hydrogen (secondary N) is 1. The molecular weight excluding hydrogens is 264 g/mol. The molecule has 0 aliphatic rings. The van der Waals surface area contributed by atoms with E-state index in [9.17, 15) is 9.59 Å². The quantitative estimate of drug-likeness (QED) is 0.839. The van der Waals surface area contributed by atoms with Gasteiger partial charge in [0.25, 0.3) is 0 Å². The molecule has 0 atom stereocenters. The number of carbonyl (C=O) groups is 2. The summed E-state index contributed by atoms with van der Waals surface area (Å²) in [5.41, 5.74) is 1.97. The summed E-state index contributed by atoms with van der Waals surface area (Å²) < 4.78 is 0. The third-order valence-electron chi connectivity index (χ3n) is 3.38. The summed E-state index contributed by atoms with van der Waals surface area (Å²) in [6, 6.07) is 7.76. The van der Waals surface area contributed by atoms with Crippen LogP contribution in [0.5, 0.6) is 0 Å². The van der Waals surface area contributed by atoms with E-state index in [2.05, 4.69) is 26.1 Å². The lowest BCUT2D eigenvalue weighted by atomic mass is 10.1. The molecule has 0 radical (unpaired) electrons. The van der Waals surface area contributed by atoms with Crippen LogP contribution in [0.3, 0.4) is 0 Å². The smallest absolute Gasteiger partial charge is 0.240 e. The lowest BCUT2D eigenvalue weighted by molar-refractivity contribution is -0.123. The van der Waals surface area contributed by atoms with Crippen molar-refractivity contribution >= 4 is 17.5 Å². The lowest BCUT2D eigenvalue weighted by Gasteiger charge is -2.21. The maximum absolute atomic E-state index is 11.9. The van der Waals surface area contributed by atoms with Crippen LogP contribution in [0.25, 0.3) is 0 Å². The number of rotatable bonds is 7. The first-order valence-electron chi connectivity index (χ1n) is 7.57. The van der Waals surface area contributed by atoms with Gasteiger partial charge < -0.3 is 10.2 Å². The molecule has 0 saturated carbocycles. The third-order valence-corrected chi connectivity index (χ3v) is 3.38. The van der Waals surface area contributed by atoms with E-state index < -0.39 is 0 Å². The van der Waals surface area contributed by atoms with Gasteiger partial charge in [0.1, 0.15) is 6.54 Å². The van der Waals surface area contributed by atoms with E-state index in [1.54, 1.807) is 0 Å². The number of anilines is 1. The fourth-order valence-electron chi connectivity index (χ4n) is 2.00. The predicted molar refractivity (Wildman–Crippen MR) is 86.3 cm³/mol. The Morgan fingerprint density at radius 1 is 1.19 bits per heavy atom. The first kappa shape index (κ1) is 17.2. The molecule has 4 nitrogen and oxygen atoms in total. The summed E-state index contributed by atoms with van der Waals surface area (Å²) in [7, 11) is 0. The number of carbonyl (C=O) groups excluding carboxylic acids is 2. The fourth-order valence-corrected chi connectivity index (χ4v) is 2.00. The molecule has 0 aromatic heterocycles. The van der Waals surface area contributed by atoms with Crippen LogP contribution in [0.1, 0.15) is 39.7 Å². The zero-order chi connectivity index (χ0) is 15.8. The van der Waals surface area contributed by atoms with Gasteiger partial charge in [0.05, 0.1) is 0 Å². The number of benzene rings is 1. The topological polar surface area (TPSA) is 49.4 Å². The summed E-state index contributed by atoms with van der Waals surface area (Å²) in [6.45, 7) is 8.51. The van der Waals surface area contributed by atoms with Crippen LogP contribution in [0.2, 0.25) is 0 Å². The van der Waals surface area contributed by atoms with E-state index >= 15 is 0 Å². The van der Waals surface area contributed by atoms with Gasteiger partial charge in [0, 0.05) is 19.2 Å². The SMILES string of the molecule is CCc1ccc(N(CC(=O)NCCC(C)C)C(C)=O)cc1. The standard InChI is InChI=1S/C17H26N2O2/c1-5-15-6-8-16(9-7-15)19(14(4)20)12-17(21)18-11-10-13(2)3/h6-9,13H,5,10-12H2,1-4H3,(H,18,21). The third kappa shape index (κ3) is 5.98. The van der Waals surface area contributed by atoms with Crippen molar-refractivity contribution < 1.29 is 9.59 Å². The average Bonchev–Trinajstić information content (AvgIpc) is 2.44. The molecule has 0 aliphatic heterocycles. The molecule has 0 heterocycles. The van der Waals surface area contributed by atoms with Crippen molar-refractivity contribution in [3.8, 4) is 0 Å². The number of amides is 2. The molecule has 4 heteroatoms. The molecule has 1 aromatic carbocycles. The Bertz CT molecular complexity index is 466. The van der Waals surface area contributed by atoms with Gasteiger partial charge >= 0.3 is 0 Å². The van der Waals surface area contributed by atoms with Gasteiger partial charge in [0.2, 0.25) is 11.8 Å². The summed E-state index contributed by atoms with van der Waals surface area (Å²) in [5, 5.41) is 2.86.